The van der Waals surface area contributed by atoms with E-state index in [1.807, 2.05) is 42.5 Å². The van der Waals surface area contributed by atoms with Gasteiger partial charge in [-0.1, -0.05) is 54.6 Å². The average molecular weight is 517 g/mol. The van der Waals surface area contributed by atoms with Crippen LogP contribution in [0.2, 0.25) is 0 Å². The summed E-state index contributed by atoms with van der Waals surface area (Å²) in [6, 6.07) is 25.7. The second-order valence-electron chi connectivity index (χ2n) is 9.74. The van der Waals surface area contributed by atoms with E-state index in [9.17, 15) is 9.59 Å². The van der Waals surface area contributed by atoms with Gasteiger partial charge in [-0.25, -0.2) is 9.78 Å². The zero-order valence-electron chi connectivity index (χ0n) is 21.3. The molecule has 1 aliphatic heterocycles. The van der Waals surface area contributed by atoms with E-state index in [-0.39, 0.29) is 17.6 Å². The van der Waals surface area contributed by atoms with Crippen LogP contribution in [0.1, 0.15) is 12.0 Å². The predicted octanol–water partition coefficient (Wildman–Crippen LogP) is 5.05. The number of hydrogen-bond acceptors (Lipinski definition) is 5. The lowest BCUT2D eigenvalue weighted by Crippen LogP contribution is -2.39. The number of anilines is 1. The number of H-pyrrole nitrogens is 1. The SMILES string of the molecule is O=C(Nc1ccncc1)N[C@@H]1CCN(Cc2ccc(-c3nc4cc[nH]c(=O)c4cc3-c3ccccc3)cc2)C1. The van der Waals surface area contributed by atoms with Crippen LogP contribution in [0.15, 0.2) is 102 Å². The Balaban J connectivity index is 1.16. The van der Waals surface area contributed by atoms with Gasteiger partial charge in [0.15, 0.2) is 0 Å². The number of hydrogen-bond donors (Lipinski definition) is 3. The highest BCUT2D eigenvalue weighted by Gasteiger charge is 2.24. The Morgan fingerprint density at radius 1 is 0.974 bits per heavy atom. The lowest BCUT2D eigenvalue weighted by molar-refractivity contribution is 0.247. The summed E-state index contributed by atoms with van der Waals surface area (Å²) in [6.45, 7) is 2.52. The van der Waals surface area contributed by atoms with E-state index in [0.717, 1.165) is 54.1 Å². The minimum Gasteiger partial charge on any atom is -0.334 e. The van der Waals surface area contributed by atoms with Crippen molar-refractivity contribution in [3.05, 3.63) is 113 Å². The Hall–Kier alpha value is -4.82. The average Bonchev–Trinajstić information content (AvgIpc) is 3.40. The Labute approximate surface area is 225 Å². The number of urea groups is 1. The number of aromatic amines is 1. The zero-order valence-corrected chi connectivity index (χ0v) is 21.3. The van der Waals surface area contributed by atoms with Crippen LogP contribution in [0.5, 0.6) is 0 Å². The quantitative estimate of drug-likeness (QED) is 0.293. The van der Waals surface area contributed by atoms with Gasteiger partial charge >= 0.3 is 6.03 Å². The maximum Gasteiger partial charge on any atom is 0.319 e. The molecule has 39 heavy (non-hydrogen) atoms. The van der Waals surface area contributed by atoms with Gasteiger partial charge < -0.3 is 15.6 Å². The van der Waals surface area contributed by atoms with Crippen LogP contribution in [0.25, 0.3) is 33.3 Å². The standard InChI is InChI=1S/C31H28N6O2/c38-30-27-18-26(22-4-2-1-3-5-22)29(36-28(27)12-16-33-30)23-8-6-21(7-9-23)19-37-17-13-25(20-37)35-31(39)34-24-10-14-32-15-11-24/h1-12,14-16,18,25H,13,17,19-20H2,(H,33,38)(H2,32,34,35,39)/t25-/m1/s1. The lowest BCUT2D eigenvalue weighted by atomic mass is 9.97. The largest absolute Gasteiger partial charge is 0.334 e. The van der Waals surface area contributed by atoms with Gasteiger partial charge in [-0.2, -0.15) is 0 Å². The third-order valence-corrected chi connectivity index (χ3v) is 7.02. The fourth-order valence-electron chi connectivity index (χ4n) is 5.08. The number of amides is 2. The molecule has 8 nitrogen and oxygen atoms in total. The van der Waals surface area contributed by atoms with Gasteiger partial charge in [0.05, 0.1) is 16.6 Å². The molecule has 194 valence electrons. The van der Waals surface area contributed by atoms with Crippen LogP contribution in [0.4, 0.5) is 10.5 Å². The van der Waals surface area contributed by atoms with E-state index in [1.165, 1.54) is 5.56 Å². The van der Waals surface area contributed by atoms with Crippen LogP contribution in [-0.4, -0.2) is 45.0 Å². The van der Waals surface area contributed by atoms with Gasteiger partial charge in [-0.15, -0.1) is 0 Å². The van der Waals surface area contributed by atoms with E-state index in [1.54, 1.807) is 30.7 Å². The van der Waals surface area contributed by atoms with Gasteiger partial charge in [0.1, 0.15) is 0 Å². The molecule has 3 aromatic heterocycles. The molecule has 0 bridgehead atoms. The second-order valence-corrected chi connectivity index (χ2v) is 9.74. The van der Waals surface area contributed by atoms with Crippen molar-refractivity contribution in [3.8, 4) is 22.4 Å². The molecule has 0 aliphatic carbocycles. The molecular weight excluding hydrogens is 488 g/mol. The second kappa shape index (κ2) is 10.9. The maximum absolute atomic E-state index is 12.5. The van der Waals surface area contributed by atoms with Gasteiger partial charge in [0, 0.05) is 61.1 Å². The van der Waals surface area contributed by atoms with Crippen molar-refractivity contribution in [2.24, 2.45) is 0 Å². The molecule has 1 saturated heterocycles. The molecule has 2 amide bonds. The molecule has 8 heteroatoms. The number of fused-ring (bicyclic) bond motifs is 1. The Bertz CT molecular complexity index is 1650. The van der Waals surface area contributed by atoms with Crippen molar-refractivity contribution in [1.82, 2.24) is 25.2 Å². The van der Waals surface area contributed by atoms with E-state index in [4.69, 9.17) is 4.98 Å². The van der Waals surface area contributed by atoms with E-state index < -0.39 is 0 Å². The van der Waals surface area contributed by atoms with Gasteiger partial charge in [0.25, 0.3) is 5.56 Å². The topological polar surface area (TPSA) is 103 Å². The van der Waals surface area contributed by atoms with E-state index in [2.05, 4.69) is 49.8 Å². The molecule has 6 rings (SSSR count). The molecule has 0 spiro atoms. The first-order chi connectivity index (χ1) is 19.1. The Kier molecular flexibility index (Phi) is 6.84. The summed E-state index contributed by atoms with van der Waals surface area (Å²) in [5, 5.41) is 6.49. The first-order valence-electron chi connectivity index (χ1n) is 13.0. The number of nitrogens with one attached hydrogen (secondary N) is 3. The van der Waals surface area contributed by atoms with Crippen molar-refractivity contribution in [2.75, 3.05) is 18.4 Å². The number of benzene rings is 2. The highest BCUT2D eigenvalue weighted by Crippen LogP contribution is 2.33. The van der Waals surface area contributed by atoms with Crippen LogP contribution in [0, 0.1) is 0 Å². The fourth-order valence-corrected chi connectivity index (χ4v) is 5.08. The van der Waals surface area contributed by atoms with Crippen molar-refractivity contribution in [3.63, 3.8) is 0 Å². The summed E-state index contributed by atoms with van der Waals surface area (Å²) in [6.07, 6.45) is 5.84. The molecule has 5 aromatic rings. The molecular formula is C31H28N6O2. The van der Waals surface area contributed by atoms with Crippen LogP contribution in [-0.2, 0) is 6.54 Å². The third kappa shape index (κ3) is 5.56. The zero-order chi connectivity index (χ0) is 26.6. The van der Waals surface area contributed by atoms with Gasteiger partial charge in [-0.05, 0) is 41.8 Å². The van der Waals surface area contributed by atoms with Gasteiger partial charge in [0.2, 0.25) is 0 Å². The monoisotopic (exact) mass is 516 g/mol. The van der Waals surface area contributed by atoms with E-state index >= 15 is 0 Å². The molecule has 3 N–H and O–H groups in total. The fraction of sp³-hybridized carbons (Fsp3) is 0.161. The molecule has 1 aliphatic rings. The van der Waals surface area contributed by atoms with E-state index in [0.29, 0.717) is 10.9 Å². The first-order valence-corrected chi connectivity index (χ1v) is 13.0. The number of aromatic nitrogens is 3. The maximum atomic E-state index is 12.5. The number of rotatable bonds is 6. The molecule has 0 radical (unpaired) electrons. The molecule has 1 fully saturated rings. The first kappa shape index (κ1) is 24.5. The summed E-state index contributed by atoms with van der Waals surface area (Å²) in [5.41, 5.74) is 6.21. The smallest absolute Gasteiger partial charge is 0.319 e. The molecule has 2 aromatic carbocycles. The molecule has 0 saturated carbocycles. The molecule has 4 heterocycles. The summed E-state index contributed by atoms with van der Waals surface area (Å²) in [7, 11) is 0. The summed E-state index contributed by atoms with van der Waals surface area (Å²) < 4.78 is 0. The summed E-state index contributed by atoms with van der Waals surface area (Å²) >= 11 is 0. The van der Waals surface area contributed by atoms with Crippen molar-refractivity contribution >= 4 is 22.6 Å². The number of carbonyl (C=O) groups is 1. The minimum atomic E-state index is -0.198. The summed E-state index contributed by atoms with van der Waals surface area (Å²) in [4.78, 5) is 38.8. The Morgan fingerprint density at radius 2 is 1.77 bits per heavy atom. The molecule has 0 unspecified atom stereocenters. The van der Waals surface area contributed by atoms with Crippen molar-refractivity contribution < 1.29 is 4.79 Å². The number of nitrogens with zero attached hydrogens (tertiary/aromatic N) is 3. The molecule has 1 atom stereocenters. The van der Waals surface area contributed by atoms with Crippen molar-refractivity contribution in [1.29, 1.82) is 0 Å². The van der Waals surface area contributed by atoms with Crippen LogP contribution < -0.4 is 16.2 Å². The number of likely N-dealkylation sites (tertiary alicyclic amines) is 1. The number of carbonyl (C=O) groups excluding carboxylic acids is 1. The number of pyridine rings is 3. The van der Waals surface area contributed by atoms with Gasteiger partial charge in [-0.3, -0.25) is 14.7 Å². The van der Waals surface area contributed by atoms with Crippen LogP contribution >= 0.6 is 0 Å². The minimum absolute atomic E-state index is 0.101. The third-order valence-electron chi connectivity index (χ3n) is 7.02. The van der Waals surface area contributed by atoms with Crippen molar-refractivity contribution in [2.45, 2.75) is 19.0 Å². The highest BCUT2D eigenvalue weighted by atomic mass is 16.2. The van der Waals surface area contributed by atoms with Crippen LogP contribution in [0.3, 0.4) is 0 Å². The Morgan fingerprint density at radius 3 is 2.56 bits per heavy atom. The normalized spacial score (nSPS) is 15.3. The summed E-state index contributed by atoms with van der Waals surface area (Å²) in [5.74, 6) is 0. The lowest BCUT2D eigenvalue weighted by Gasteiger charge is -2.17. The predicted molar refractivity (Wildman–Crippen MR) is 153 cm³/mol. The highest BCUT2D eigenvalue weighted by molar-refractivity contribution is 5.91.